The van der Waals surface area contributed by atoms with Gasteiger partial charge in [-0.3, -0.25) is 0 Å². The predicted molar refractivity (Wildman–Crippen MR) is 145 cm³/mol. The topological polar surface area (TPSA) is 0 Å². The molecule has 0 spiro atoms. The van der Waals surface area contributed by atoms with Crippen LogP contribution in [0, 0.1) is 0 Å². The SMILES string of the molecule is CSCC(CSCC(CSc1ccccc1)Sc1ccccc1)Sc1ccccc1. The number of hydrogen-bond acceptors (Lipinski definition) is 5. The summed E-state index contributed by atoms with van der Waals surface area (Å²) in [6, 6.07) is 32.5. The highest BCUT2D eigenvalue weighted by Gasteiger charge is 2.15. The molecule has 0 saturated carbocycles. The largest absolute Gasteiger partial charge is 0.164 e. The Kier molecular flexibility index (Phi) is 11.6. The van der Waals surface area contributed by atoms with Gasteiger partial charge in [0.05, 0.1) is 0 Å². The minimum Gasteiger partial charge on any atom is -0.164 e. The van der Waals surface area contributed by atoms with Crippen molar-refractivity contribution in [2.24, 2.45) is 0 Å². The number of rotatable bonds is 13. The molecule has 0 nitrogen and oxygen atoms in total. The first-order valence-corrected chi connectivity index (χ1v) is 15.3. The molecule has 2 unspecified atom stereocenters. The smallest absolute Gasteiger partial charge is 0.0279 e. The summed E-state index contributed by atoms with van der Waals surface area (Å²) < 4.78 is 0. The Bertz CT molecular complexity index is 811. The molecule has 5 heteroatoms. The van der Waals surface area contributed by atoms with Gasteiger partial charge in [-0.15, -0.1) is 35.3 Å². The standard InChI is InChI=1S/C25H28S5/c1-26-17-24(29-22-13-7-3-8-14-22)18-27-19-25(30-23-15-9-4-10-16-23)20-28-21-11-5-2-6-12-21/h2-16,24-25H,17-20H2,1H3. The van der Waals surface area contributed by atoms with Crippen LogP contribution >= 0.6 is 58.8 Å². The molecule has 0 radical (unpaired) electrons. The minimum absolute atomic E-state index is 0.597. The maximum absolute atomic E-state index is 2.23. The van der Waals surface area contributed by atoms with Crippen LogP contribution < -0.4 is 0 Å². The molecule has 0 amide bonds. The van der Waals surface area contributed by atoms with E-state index in [1.165, 1.54) is 31.9 Å². The van der Waals surface area contributed by atoms with Crippen LogP contribution in [0.4, 0.5) is 0 Å². The lowest BCUT2D eigenvalue weighted by atomic mass is 10.4. The molecule has 3 rings (SSSR count). The summed E-state index contributed by atoms with van der Waals surface area (Å²) in [4.78, 5) is 4.11. The summed E-state index contributed by atoms with van der Waals surface area (Å²) in [6.07, 6.45) is 2.22. The zero-order valence-electron chi connectivity index (χ0n) is 17.2. The molecule has 3 aromatic carbocycles. The molecule has 0 N–H and O–H groups in total. The van der Waals surface area contributed by atoms with E-state index in [2.05, 4.69) is 109 Å². The summed E-state index contributed by atoms with van der Waals surface area (Å²) >= 11 is 10.1. The third-order valence-electron chi connectivity index (χ3n) is 4.23. The summed E-state index contributed by atoms with van der Waals surface area (Å²) in [5.41, 5.74) is 0. The molecule has 3 aromatic rings. The molecule has 0 aliphatic carbocycles. The summed E-state index contributed by atoms with van der Waals surface area (Å²) in [6.45, 7) is 0. The first-order chi connectivity index (χ1) is 14.8. The molecule has 0 bridgehead atoms. The highest BCUT2D eigenvalue weighted by molar-refractivity contribution is 8.06. The molecular formula is C25H28S5. The molecule has 0 aliphatic heterocycles. The van der Waals surface area contributed by atoms with Crippen molar-refractivity contribution in [2.75, 3.05) is 29.3 Å². The maximum atomic E-state index is 2.23. The fourth-order valence-corrected chi connectivity index (χ4v) is 9.05. The van der Waals surface area contributed by atoms with Crippen LogP contribution in [0.5, 0.6) is 0 Å². The monoisotopic (exact) mass is 488 g/mol. The van der Waals surface area contributed by atoms with E-state index < -0.39 is 0 Å². The van der Waals surface area contributed by atoms with Crippen molar-refractivity contribution in [3.8, 4) is 0 Å². The van der Waals surface area contributed by atoms with E-state index in [1.807, 2.05) is 47.0 Å². The summed E-state index contributed by atoms with van der Waals surface area (Å²) in [7, 11) is 0. The molecule has 0 aromatic heterocycles. The van der Waals surface area contributed by atoms with Gasteiger partial charge in [0, 0.05) is 48.2 Å². The van der Waals surface area contributed by atoms with Gasteiger partial charge in [-0.25, -0.2) is 0 Å². The van der Waals surface area contributed by atoms with Crippen molar-refractivity contribution in [2.45, 2.75) is 25.2 Å². The Hall–Kier alpha value is -0.590. The van der Waals surface area contributed by atoms with Gasteiger partial charge in [-0.2, -0.15) is 23.5 Å². The van der Waals surface area contributed by atoms with Crippen LogP contribution in [0.3, 0.4) is 0 Å². The van der Waals surface area contributed by atoms with Gasteiger partial charge in [-0.1, -0.05) is 54.6 Å². The van der Waals surface area contributed by atoms with Crippen LogP contribution in [0.2, 0.25) is 0 Å². The molecule has 30 heavy (non-hydrogen) atoms. The lowest BCUT2D eigenvalue weighted by Crippen LogP contribution is -2.15. The highest BCUT2D eigenvalue weighted by atomic mass is 32.2. The van der Waals surface area contributed by atoms with E-state index in [9.17, 15) is 0 Å². The van der Waals surface area contributed by atoms with E-state index in [0.717, 1.165) is 5.75 Å². The fourth-order valence-electron chi connectivity index (χ4n) is 2.84. The van der Waals surface area contributed by atoms with Gasteiger partial charge in [0.2, 0.25) is 0 Å². The number of thioether (sulfide) groups is 5. The molecule has 0 heterocycles. The van der Waals surface area contributed by atoms with Crippen molar-refractivity contribution >= 4 is 58.8 Å². The predicted octanol–water partition coefficient (Wildman–Crippen LogP) is 8.20. The van der Waals surface area contributed by atoms with Gasteiger partial charge >= 0.3 is 0 Å². The maximum Gasteiger partial charge on any atom is 0.0279 e. The van der Waals surface area contributed by atoms with Crippen LogP contribution in [0.1, 0.15) is 0 Å². The lowest BCUT2D eigenvalue weighted by Gasteiger charge is -2.19. The fraction of sp³-hybridized carbons (Fsp3) is 0.280. The van der Waals surface area contributed by atoms with Crippen LogP contribution in [-0.4, -0.2) is 39.8 Å². The van der Waals surface area contributed by atoms with E-state index in [-0.39, 0.29) is 0 Å². The Labute approximate surface area is 203 Å². The van der Waals surface area contributed by atoms with Crippen molar-refractivity contribution in [3.05, 3.63) is 91.0 Å². The zero-order valence-corrected chi connectivity index (χ0v) is 21.3. The minimum atomic E-state index is 0.597. The van der Waals surface area contributed by atoms with Gasteiger partial charge in [-0.05, 0) is 42.7 Å². The first-order valence-electron chi connectivity index (χ1n) is 10.0. The third kappa shape index (κ3) is 9.27. The normalized spacial score (nSPS) is 13.1. The van der Waals surface area contributed by atoms with Crippen molar-refractivity contribution in [1.29, 1.82) is 0 Å². The van der Waals surface area contributed by atoms with Gasteiger partial charge < -0.3 is 0 Å². The number of benzene rings is 3. The number of hydrogen-bond donors (Lipinski definition) is 0. The van der Waals surface area contributed by atoms with Gasteiger partial charge in [0.15, 0.2) is 0 Å². The Balaban J connectivity index is 1.54. The molecule has 0 aliphatic rings. The Morgan fingerprint density at radius 3 is 1.43 bits per heavy atom. The third-order valence-corrected chi connectivity index (χ3v) is 10.7. The van der Waals surface area contributed by atoms with Crippen molar-refractivity contribution < 1.29 is 0 Å². The average molecular weight is 489 g/mol. The zero-order chi connectivity index (χ0) is 20.9. The van der Waals surface area contributed by atoms with Crippen LogP contribution in [0.25, 0.3) is 0 Å². The first kappa shape index (κ1) is 24.1. The molecule has 158 valence electrons. The second kappa shape index (κ2) is 14.5. The average Bonchev–Trinajstić information content (AvgIpc) is 2.79. The van der Waals surface area contributed by atoms with Gasteiger partial charge in [0.25, 0.3) is 0 Å². The van der Waals surface area contributed by atoms with Gasteiger partial charge in [0.1, 0.15) is 0 Å². The van der Waals surface area contributed by atoms with E-state index in [1.54, 1.807) is 0 Å². The van der Waals surface area contributed by atoms with Crippen LogP contribution in [-0.2, 0) is 0 Å². The summed E-state index contributed by atoms with van der Waals surface area (Å²) in [5, 5.41) is 1.25. The van der Waals surface area contributed by atoms with E-state index in [4.69, 9.17) is 0 Å². The quantitative estimate of drug-likeness (QED) is 0.222. The van der Waals surface area contributed by atoms with Crippen molar-refractivity contribution in [3.63, 3.8) is 0 Å². The molecule has 0 fully saturated rings. The molecular weight excluding hydrogens is 461 g/mol. The van der Waals surface area contributed by atoms with Crippen molar-refractivity contribution in [1.82, 2.24) is 0 Å². The Morgan fingerprint density at radius 2 is 0.967 bits per heavy atom. The second-order valence-electron chi connectivity index (χ2n) is 6.72. The molecule has 2 atom stereocenters. The second-order valence-corrected chi connectivity index (χ2v) is 12.5. The Morgan fingerprint density at radius 1 is 0.533 bits per heavy atom. The highest BCUT2D eigenvalue weighted by Crippen LogP contribution is 2.33. The molecule has 0 saturated heterocycles. The van der Waals surface area contributed by atoms with Crippen LogP contribution in [0.15, 0.2) is 106 Å². The summed E-state index contributed by atoms with van der Waals surface area (Å²) in [5.74, 6) is 4.71. The van der Waals surface area contributed by atoms with E-state index in [0.29, 0.717) is 10.5 Å². The lowest BCUT2D eigenvalue weighted by molar-refractivity contribution is 1.11. The van der Waals surface area contributed by atoms with E-state index >= 15 is 0 Å².